The zero-order valence-electron chi connectivity index (χ0n) is 19.9. The first-order chi connectivity index (χ1) is 16.9. The van der Waals surface area contributed by atoms with Gasteiger partial charge in [0.15, 0.2) is 0 Å². The van der Waals surface area contributed by atoms with Gasteiger partial charge in [0.25, 0.3) is 6.43 Å². The van der Waals surface area contributed by atoms with Gasteiger partial charge in [-0.15, -0.1) is 0 Å². The normalized spacial score (nSPS) is 17.8. The number of pyridine rings is 1. The largest absolute Gasteiger partial charge is 0.489 e. The number of halogens is 2. The average molecular weight is 488 g/mol. The van der Waals surface area contributed by atoms with Gasteiger partial charge in [0.2, 0.25) is 5.91 Å². The Morgan fingerprint density at radius 2 is 2.11 bits per heavy atom. The quantitative estimate of drug-likeness (QED) is 0.499. The van der Waals surface area contributed by atoms with Gasteiger partial charge in [0, 0.05) is 60.1 Å². The molecule has 8 nitrogen and oxygen atoms in total. The van der Waals surface area contributed by atoms with Crippen molar-refractivity contribution in [3.63, 3.8) is 0 Å². The summed E-state index contributed by atoms with van der Waals surface area (Å²) in [5.41, 5.74) is 3.21. The maximum absolute atomic E-state index is 12.6. The van der Waals surface area contributed by atoms with Crippen molar-refractivity contribution in [3.8, 4) is 5.75 Å². The number of alkyl halides is 2. The van der Waals surface area contributed by atoms with E-state index in [0.717, 1.165) is 40.7 Å². The van der Waals surface area contributed by atoms with Gasteiger partial charge in [-0.05, 0) is 18.1 Å². The van der Waals surface area contributed by atoms with Crippen LogP contribution in [0, 0.1) is 5.92 Å². The maximum Gasteiger partial charge on any atom is 0.255 e. The van der Waals surface area contributed by atoms with E-state index in [2.05, 4.69) is 25.6 Å². The van der Waals surface area contributed by atoms with Crippen molar-refractivity contribution in [1.29, 1.82) is 0 Å². The molecule has 0 radical (unpaired) electrons. The number of hydrogen-bond donors (Lipinski definition) is 3. The minimum atomic E-state index is -2.60. The van der Waals surface area contributed by atoms with Crippen LogP contribution in [0.1, 0.15) is 38.7 Å². The fourth-order valence-corrected chi connectivity index (χ4v) is 4.11. The Kier molecular flexibility index (Phi) is 8.12. The van der Waals surface area contributed by atoms with E-state index in [4.69, 9.17) is 9.47 Å². The summed E-state index contributed by atoms with van der Waals surface area (Å²) in [6.45, 7) is 4.45. The number of allylic oxidation sites excluding steroid dienone is 3. The van der Waals surface area contributed by atoms with Crippen molar-refractivity contribution in [2.24, 2.45) is 10.9 Å². The van der Waals surface area contributed by atoms with Crippen molar-refractivity contribution in [1.82, 2.24) is 20.6 Å². The lowest BCUT2D eigenvalue weighted by Gasteiger charge is -2.24. The minimum Gasteiger partial charge on any atom is -0.489 e. The summed E-state index contributed by atoms with van der Waals surface area (Å²) in [6.07, 6.45) is 8.68. The Hall–Kier alpha value is -3.27. The minimum absolute atomic E-state index is 0.104. The number of carbonyl (C=O) groups is 1. The predicted molar refractivity (Wildman–Crippen MR) is 131 cm³/mol. The van der Waals surface area contributed by atoms with E-state index < -0.39 is 24.9 Å². The highest BCUT2D eigenvalue weighted by Gasteiger charge is 2.24. The molecule has 0 spiro atoms. The van der Waals surface area contributed by atoms with Crippen LogP contribution in [-0.2, 0) is 9.53 Å². The second-order valence-electron chi connectivity index (χ2n) is 8.99. The molecule has 1 unspecified atom stereocenters. The van der Waals surface area contributed by atoms with E-state index in [1.165, 1.54) is 0 Å². The number of aromatic amines is 1. The van der Waals surface area contributed by atoms with Gasteiger partial charge in [-0.2, -0.15) is 0 Å². The Balaban J connectivity index is 1.55. The van der Waals surface area contributed by atoms with Crippen LogP contribution in [0.3, 0.4) is 0 Å². The number of carbonyl (C=O) groups excluding carboxylic acids is 1. The summed E-state index contributed by atoms with van der Waals surface area (Å²) in [5.74, 6) is 0.128. The van der Waals surface area contributed by atoms with Crippen LogP contribution in [0.25, 0.3) is 16.6 Å². The zero-order valence-corrected chi connectivity index (χ0v) is 19.9. The summed E-state index contributed by atoms with van der Waals surface area (Å²) >= 11 is 0. The van der Waals surface area contributed by atoms with E-state index >= 15 is 0 Å². The number of amides is 1. The van der Waals surface area contributed by atoms with Gasteiger partial charge >= 0.3 is 0 Å². The van der Waals surface area contributed by atoms with Crippen molar-refractivity contribution >= 4 is 28.7 Å². The number of nitrogens with zero attached hydrogens (tertiary/aromatic N) is 2. The molecular formula is C25H31F2N5O3. The summed E-state index contributed by atoms with van der Waals surface area (Å²) in [5, 5.41) is 6.44. The Morgan fingerprint density at radius 3 is 2.86 bits per heavy atom. The first kappa shape index (κ1) is 24.8. The molecule has 2 aromatic rings. The highest BCUT2D eigenvalue weighted by atomic mass is 19.3. The van der Waals surface area contributed by atoms with E-state index in [-0.39, 0.29) is 12.0 Å². The van der Waals surface area contributed by atoms with Gasteiger partial charge < -0.3 is 25.1 Å². The maximum atomic E-state index is 12.6. The molecule has 2 aliphatic rings. The Morgan fingerprint density at radius 1 is 1.31 bits per heavy atom. The third kappa shape index (κ3) is 6.45. The van der Waals surface area contributed by atoms with Crippen molar-refractivity contribution in [2.45, 2.75) is 51.7 Å². The zero-order chi connectivity index (χ0) is 24.8. The lowest BCUT2D eigenvalue weighted by molar-refractivity contribution is -0.124. The molecule has 1 amide bonds. The van der Waals surface area contributed by atoms with Gasteiger partial charge in [0.05, 0.1) is 26.0 Å². The fraction of sp³-hybridized carbons (Fsp3) is 0.480. The van der Waals surface area contributed by atoms with Crippen LogP contribution in [0.15, 0.2) is 41.4 Å². The van der Waals surface area contributed by atoms with E-state index in [1.807, 2.05) is 32.2 Å². The summed E-state index contributed by atoms with van der Waals surface area (Å²) in [7, 11) is 0. The lowest BCUT2D eigenvalue weighted by atomic mass is 10.0. The summed E-state index contributed by atoms with van der Waals surface area (Å²) in [4.78, 5) is 24.6. The highest BCUT2D eigenvalue weighted by Crippen LogP contribution is 2.30. The molecule has 1 atom stereocenters. The van der Waals surface area contributed by atoms with Crippen LogP contribution in [0.5, 0.6) is 5.75 Å². The molecule has 0 saturated carbocycles. The molecule has 0 bridgehead atoms. The van der Waals surface area contributed by atoms with Gasteiger partial charge in [-0.1, -0.05) is 13.8 Å². The van der Waals surface area contributed by atoms with Gasteiger partial charge in [0.1, 0.15) is 23.5 Å². The number of H-pyrrole nitrogens is 1. The molecule has 1 saturated heterocycles. The molecule has 188 valence electrons. The van der Waals surface area contributed by atoms with Crippen LogP contribution in [0.4, 0.5) is 8.78 Å². The van der Waals surface area contributed by atoms with Gasteiger partial charge in [-0.25, -0.2) is 13.8 Å². The Bertz CT molecular complexity index is 1120. The molecule has 2 aliphatic heterocycles. The lowest BCUT2D eigenvalue weighted by Crippen LogP contribution is -2.48. The molecule has 0 aromatic carbocycles. The molecule has 2 aromatic heterocycles. The number of ether oxygens (including phenoxy) is 2. The smallest absolute Gasteiger partial charge is 0.255 e. The predicted octanol–water partition coefficient (Wildman–Crippen LogP) is 3.82. The number of aromatic nitrogens is 2. The van der Waals surface area contributed by atoms with E-state index in [9.17, 15) is 13.6 Å². The molecule has 4 rings (SSSR count). The summed E-state index contributed by atoms with van der Waals surface area (Å²) in [6, 6.07) is 1.31. The average Bonchev–Trinajstić information content (AvgIpc) is 3.11. The van der Waals surface area contributed by atoms with Crippen molar-refractivity contribution in [3.05, 3.63) is 42.0 Å². The second kappa shape index (κ2) is 11.4. The number of nitrogens with one attached hydrogen (secondary N) is 3. The fourth-order valence-electron chi connectivity index (χ4n) is 4.11. The highest BCUT2D eigenvalue weighted by molar-refractivity contribution is 5.95. The van der Waals surface area contributed by atoms with E-state index in [0.29, 0.717) is 25.4 Å². The molecule has 35 heavy (non-hydrogen) atoms. The van der Waals surface area contributed by atoms with Gasteiger partial charge in [-0.3, -0.25) is 9.79 Å². The topological polar surface area (TPSA) is 101 Å². The first-order valence-corrected chi connectivity index (χ1v) is 11.9. The first-order valence-electron chi connectivity index (χ1n) is 11.9. The summed E-state index contributed by atoms with van der Waals surface area (Å²) < 4.78 is 36.7. The van der Waals surface area contributed by atoms with E-state index in [1.54, 1.807) is 18.6 Å². The van der Waals surface area contributed by atoms with Crippen LogP contribution >= 0.6 is 0 Å². The number of aliphatic imine (C=N–C) groups is 1. The third-order valence-corrected chi connectivity index (χ3v) is 5.97. The standard InChI is InChI=1S/C25H31F2N5O3/c1-15(2)23(25(33)31-14-22(26)27)32-17-3-6-28-11-16(9-17)21-13-30-24-20(21)10-19(12-29-24)35-18-4-7-34-8-5-18/h6,9-13,15,18,22-23,32H,3-5,7-8,14H2,1-2H3,(H,29,30)(H,31,33). The third-order valence-electron chi connectivity index (χ3n) is 5.97. The monoisotopic (exact) mass is 487 g/mol. The van der Waals surface area contributed by atoms with Crippen molar-refractivity contribution < 1.29 is 23.0 Å². The van der Waals surface area contributed by atoms with Crippen LogP contribution in [-0.4, -0.2) is 60.4 Å². The SMILES string of the molecule is CC(C)C(NC1=CC(c2c[nH]c3ncc(OC4CCOCC4)cc23)=CN=CC1)C(=O)NCC(F)F. The second-order valence-corrected chi connectivity index (χ2v) is 8.99. The molecular weight excluding hydrogens is 456 g/mol. The molecule has 1 fully saturated rings. The number of fused-ring (bicyclic) bond motifs is 1. The Labute approximate surface area is 202 Å². The number of rotatable bonds is 9. The molecule has 10 heteroatoms. The van der Waals surface area contributed by atoms with Crippen LogP contribution < -0.4 is 15.4 Å². The molecule has 4 heterocycles. The molecule has 3 N–H and O–H groups in total. The molecule has 0 aliphatic carbocycles. The van der Waals surface area contributed by atoms with Crippen molar-refractivity contribution in [2.75, 3.05) is 19.8 Å². The van der Waals surface area contributed by atoms with Crippen LogP contribution in [0.2, 0.25) is 0 Å². The number of hydrogen-bond acceptors (Lipinski definition) is 6.